The Hall–Kier alpha value is -0.120. The van der Waals surface area contributed by atoms with E-state index in [2.05, 4.69) is 15.1 Å². The lowest BCUT2D eigenvalue weighted by atomic mass is 10.2. The van der Waals surface area contributed by atoms with Gasteiger partial charge in [-0.2, -0.15) is 0 Å². The molecule has 0 amide bonds. The van der Waals surface area contributed by atoms with E-state index < -0.39 is 0 Å². The van der Waals surface area contributed by atoms with Gasteiger partial charge in [0.05, 0.1) is 0 Å². The van der Waals surface area contributed by atoms with E-state index in [-0.39, 0.29) is 0 Å². The standard InChI is InChI=1S/C14H27N3/c1-4-14-12-16(9-3-11-17(14)10-1)8-2-7-15-13-5-6-13/h13-15H,1-12H2. The highest BCUT2D eigenvalue weighted by molar-refractivity contribution is 4.85. The van der Waals surface area contributed by atoms with Gasteiger partial charge in [-0.15, -0.1) is 0 Å². The number of fused-ring (bicyclic) bond motifs is 1. The van der Waals surface area contributed by atoms with Crippen molar-refractivity contribution >= 4 is 0 Å². The van der Waals surface area contributed by atoms with Gasteiger partial charge >= 0.3 is 0 Å². The van der Waals surface area contributed by atoms with E-state index in [9.17, 15) is 0 Å². The van der Waals surface area contributed by atoms with Crippen LogP contribution in [0.3, 0.4) is 0 Å². The smallest absolute Gasteiger partial charge is 0.0223 e. The topological polar surface area (TPSA) is 18.5 Å². The van der Waals surface area contributed by atoms with E-state index in [1.54, 1.807) is 0 Å². The predicted octanol–water partition coefficient (Wildman–Crippen LogP) is 1.30. The van der Waals surface area contributed by atoms with Crippen molar-refractivity contribution in [3.05, 3.63) is 0 Å². The second-order valence-corrected chi connectivity index (χ2v) is 6.07. The van der Waals surface area contributed by atoms with E-state index in [1.165, 1.54) is 77.8 Å². The summed E-state index contributed by atoms with van der Waals surface area (Å²) >= 11 is 0. The molecule has 1 atom stereocenters. The second-order valence-electron chi connectivity index (χ2n) is 6.07. The largest absolute Gasteiger partial charge is 0.314 e. The normalized spacial score (nSPS) is 31.4. The van der Waals surface area contributed by atoms with Crippen molar-refractivity contribution in [2.75, 3.05) is 39.3 Å². The molecule has 17 heavy (non-hydrogen) atoms. The highest BCUT2D eigenvalue weighted by Gasteiger charge is 2.28. The van der Waals surface area contributed by atoms with Gasteiger partial charge in [0, 0.05) is 18.6 Å². The molecule has 1 N–H and O–H groups in total. The average Bonchev–Trinajstić information content (AvgIpc) is 3.09. The fourth-order valence-electron chi connectivity index (χ4n) is 3.38. The molecule has 0 radical (unpaired) electrons. The van der Waals surface area contributed by atoms with Gasteiger partial charge in [0.2, 0.25) is 0 Å². The molecule has 3 aliphatic rings. The van der Waals surface area contributed by atoms with Gasteiger partial charge in [-0.05, 0) is 71.2 Å². The molecule has 1 saturated carbocycles. The molecule has 2 heterocycles. The van der Waals surface area contributed by atoms with Crippen molar-refractivity contribution in [1.82, 2.24) is 15.1 Å². The van der Waals surface area contributed by atoms with Gasteiger partial charge in [0.25, 0.3) is 0 Å². The molecular formula is C14H27N3. The van der Waals surface area contributed by atoms with Gasteiger partial charge in [0.15, 0.2) is 0 Å². The molecule has 1 aliphatic carbocycles. The molecule has 98 valence electrons. The summed E-state index contributed by atoms with van der Waals surface area (Å²) in [4.78, 5) is 5.44. The number of rotatable bonds is 5. The minimum atomic E-state index is 0.879. The third kappa shape index (κ3) is 3.43. The monoisotopic (exact) mass is 237 g/mol. The summed E-state index contributed by atoms with van der Waals surface area (Å²) in [5, 5.41) is 3.62. The van der Waals surface area contributed by atoms with Crippen molar-refractivity contribution in [3.8, 4) is 0 Å². The van der Waals surface area contributed by atoms with Crippen molar-refractivity contribution in [2.24, 2.45) is 0 Å². The lowest BCUT2D eigenvalue weighted by Gasteiger charge is -2.25. The SMILES string of the molecule is C(CNC1CC1)CN1CCCN2CCCC2C1. The molecule has 3 rings (SSSR count). The van der Waals surface area contributed by atoms with Gasteiger partial charge < -0.3 is 10.2 Å². The maximum atomic E-state index is 3.62. The summed E-state index contributed by atoms with van der Waals surface area (Å²) in [6, 6.07) is 1.76. The molecule has 1 unspecified atom stereocenters. The zero-order valence-electron chi connectivity index (χ0n) is 11.0. The molecule has 2 saturated heterocycles. The molecule has 0 aromatic rings. The Kier molecular flexibility index (Phi) is 3.99. The van der Waals surface area contributed by atoms with Crippen molar-refractivity contribution in [3.63, 3.8) is 0 Å². The van der Waals surface area contributed by atoms with Crippen LogP contribution in [0.25, 0.3) is 0 Å². The fraction of sp³-hybridized carbons (Fsp3) is 1.00. The van der Waals surface area contributed by atoms with Crippen LogP contribution < -0.4 is 5.32 Å². The zero-order valence-corrected chi connectivity index (χ0v) is 11.0. The highest BCUT2D eigenvalue weighted by atomic mass is 15.3. The van der Waals surface area contributed by atoms with Gasteiger partial charge in [-0.3, -0.25) is 4.90 Å². The lowest BCUT2D eigenvalue weighted by Crippen LogP contribution is -2.37. The predicted molar refractivity (Wildman–Crippen MR) is 71.3 cm³/mol. The van der Waals surface area contributed by atoms with Crippen LogP contribution >= 0.6 is 0 Å². The number of nitrogens with one attached hydrogen (secondary N) is 1. The Bertz CT molecular complexity index is 240. The van der Waals surface area contributed by atoms with E-state index in [1.807, 2.05) is 0 Å². The van der Waals surface area contributed by atoms with Crippen LogP contribution in [0.2, 0.25) is 0 Å². The molecular weight excluding hydrogens is 210 g/mol. The summed E-state index contributed by atoms with van der Waals surface area (Å²) in [5.41, 5.74) is 0. The molecule has 0 bridgehead atoms. The van der Waals surface area contributed by atoms with Crippen molar-refractivity contribution < 1.29 is 0 Å². The van der Waals surface area contributed by atoms with Crippen LogP contribution in [0.4, 0.5) is 0 Å². The summed E-state index contributed by atoms with van der Waals surface area (Å²) in [7, 11) is 0. The third-order valence-electron chi connectivity index (χ3n) is 4.55. The molecule has 3 heteroatoms. The highest BCUT2D eigenvalue weighted by Crippen LogP contribution is 2.21. The first-order valence-corrected chi connectivity index (χ1v) is 7.61. The second kappa shape index (κ2) is 5.68. The number of hydrogen-bond donors (Lipinski definition) is 1. The Morgan fingerprint density at radius 3 is 2.76 bits per heavy atom. The molecule has 3 nitrogen and oxygen atoms in total. The van der Waals surface area contributed by atoms with E-state index in [0.29, 0.717) is 0 Å². The Morgan fingerprint density at radius 2 is 1.88 bits per heavy atom. The van der Waals surface area contributed by atoms with Crippen LogP contribution in [-0.4, -0.2) is 61.2 Å². The van der Waals surface area contributed by atoms with Crippen LogP contribution in [0, 0.1) is 0 Å². The minimum absolute atomic E-state index is 0.879. The van der Waals surface area contributed by atoms with Gasteiger partial charge in [0.1, 0.15) is 0 Å². The Balaban J connectivity index is 1.36. The first-order chi connectivity index (χ1) is 8.42. The molecule has 0 aromatic carbocycles. The fourth-order valence-corrected chi connectivity index (χ4v) is 3.38. The Labute approximate surface area is 106 Å². The molecule has 0 spiro atoms. The van der Waals surface area contributed by atoms with Crippen LogP contribution in [0.1, 0.15) is 38.5 Å². The molecule has 2 aliphatic heterocycles. The van der Waals surface area contributed by atoms with Gasteiger partial charge in [-0.1, -0.05) is 0 Å². The summed E-state index contributed by atoms with van der Waals surface area (Å²) in [6.45, 7) is 7.92. The van der Waals surface area contributed by atoms with Crippen molar-refractivity contribution in [2.45, 2.75) is 50.6 Å². The van der Waals surface area contributed by atoms with E-state index >= 15 is 0 Å². The zero-order chi connectivity index (χ0) is 11.5. The van der Waals surface area contributed by atoms with Crippen LogP contribution in [-0.2, 0) is 0 Å². The Morgan fingerprint density at radius 1 is 1.00 bits per heavy atom. The molecule has 3 fully saturated rings. The van der Waals surface area contributed by atoms with E-state index in [0.717, 1.165) is 12.1 Å². The maximum absolute atomic E-state index is 3.62. The van der Waals surface area contributed by atoms with Crippen LogP contribution in [0.15, 0.2) is 0 Å². The first-order valence-electron chi connectivity index (χ1n) is 7.61. The minimum Gasteiger partial charge on any atom is -0.314 e. The maximum Gasteiger partial charge on any atom is 0.0223 e. The van der Waals surface area contributed by atoms with Gasteiger partial charge in [-0.25, -0.2) is 0 Å². The van der Waals surface area contributed by atoms with Crippen LogP contribution in [0.5, 0.6) is 0 Å². The molecule has 0 aromatic heterocycles. The average molecular weight is 237 g/mol. The number of hydrogen-bond acceptors (Lipinski definition) is 3. The first kappa shape index (κ1) is 11.9. The quantitative estimate of drug-likeness (QED) is 0.727. The third-order valence-corrected chi connectivity index (χ3v) is 4.55. The summed E-state index contributed by atoms with van der Waals surface area (Å²) in [6.07, 6.45) is 8.43. The van der Waals surface area contributed by atoms with Crippen molar-refractivity contribution in [1.29, 1.82) is 0 Å². The van der Waals surface area contributed by atoms with E-state index in [4.69, 9.17) is 0 Å². The lowest BCUT2D eigenvalue weighted by molar-refractivity contribution is 0.218. The summed E-state index contributed by atoms with van der Waals surface area (Å²) in [5.74, 6) is 0. The summed E-state index contributed by atoms with van der Waals surface area (Å²) < 4.78 is 0. The number of nitrogens with zero attached hydrogens (tertiary/aromatic N) is 2.